The van der Waals surface area contributed by atoms with Crippen molar-refractivity contribution in [3.8, 4) is 0 Å². The monoisotopic (exact) mass is 404 g/mol. The first kappa shape index (κ1) is 22.1. The maximum atomic E-state index is 12.2. The highest BCUT2D eigenvalue weighted by molar-refractivity contribution is 7.52. The summed E-state index contributed by atoms with van der Waals surface area (Å²) < 4.78 is 29.0. The molecule has 10 heteroatoms. The second-order valence-electron chi connectivity index (χ2n) is 7.17. The Morgan fingerprint density at radius 3 is 2.59 bits per heavy atom. The molecule has 1 saturated heterocycles. The topological polar surface area (TPSA) is 118 Å². The number of carbonyl (C=O) groups excluding carboxylic acids is 1. The number of rotatable bonds is 8. The SMILES string of the molecule is C=C1NC(=O)C=CN1[C@@H]1O[C@H](CCP(=O)(O)OC(C)C)C(OC(C)C)[C@@H]1O. The van der Waals surface area contributed by atoms with E-state index in [0.717, 1.165) is 0 Å². The van der Waals surface area contributed by atoms with Gasteiger partial charge in [-0.05, 0) is 34.1 Å². The standard InChI is InChI=1S/C17H29N2O7P/c1-10(2)24-16-13(7-9-27(22,23)26-11(3)4)25-17(15(16)21)19-8-6-14(20)18-12(19)5/h6,8,10-11,13,15-17,21H,5,7,9H2,1-4H3,(H,18,20)(H,22,23)/t13-,15+,16?,17-/m1/s1. The maximum Gasteiger partial charge on any atom is 0.328 e. The van der Waals surface area contributed by atoms with E-state index in [4.69, 9.17) is 14.0 Å². The molecule has 0 aromatic heterocycles. The molecule has 0 radical (unpaired) electrons. The Morgan fingerprint density at radius 1 is 1.37 bits per heavy atom. The minimum absolute atomic E-state index is 0.124. The lowest BCUT2D eigenvalue weighted by molar-refractivity contribution is -0.118. The maximum absolute atomic E-state index is 12.2. The lowest BCUT2D eigenvalue weighted by Gasteiger charge is -2.32. The molecule has 0 aromatic carbocycles. The smallest absolute Gasteiger partial charge is 0.328 e. The van der Waals surface area contributed by atoms with Crippen molar-refractivity contribution in [2.45, 2.75) is 70.9 Å². The Morgan fingerprint density at radius 2 is 2.04 bits per heavy atom. The van der Waals surface area contributed by atoms with E-state index in [2.05, 4.69) is 11.9 Å². The second-order valence-corrected chi connectivity index (χ2v) is 9.10. The molecular formula is C17H29N2O7P. The number of hydrogen-bond acceptors (Lipinski definition) is 7. The van der Waals surface area contributed by atoms with Gasteiger partial charge in [-0.2, -0.15) is 0 Å². The third kappa shape index (κ3) is 5.88. The number of carbonyl (C=O) groups is 1. The van der Waals surface area contributed by atoms with Gasteiger partial charge in [-0.1, -0.05) is 6.58 Å². The van der Waals surface area contributed by atoms with Crippen molar-refractivity contribution in [3.05, 3.63) is 24.7 Å². The van der Waals surface area contributed by atoms with Gasteiger partial charge < -0.3 is 34.2 Å². The van der Waals surface area contributed by atoms with E-state index in [1.54, 1.807) is 13.8 Å². The zero-order valence-corrected chi connectivity index (χ0v) is 17.0. The Kier molecular flexibility index (Phi) is 7.24. The van der Waals surface area contributed by atoms with Crippen LogP contribution in [-0.2, 0) is 23.4 Å². The third-order valence-corrected chi connectivity index (χ3v) is 5.62. The second kappa shape index (κ2) is 8.86. The molecule has 27 heavy (non-hydrogen) atoms. The van der Waals surface area contributed by atoms with E-state index in [1.165, 1.54) is 17.2 Å². The highest BCUT2D eigenvalue weighted by Gasteiger charge is 2.48. The molecule has 0 aromatic rings. The van der Waals surface area contributed by atoms with Crippen molar-refractivity contribution < 1.29 is 33.4 Å². The molecule has 0 aliphatic carbocycles. The number of aliphatic hydroxyl groups excluding tert-OH is 1. The first-order valence-corrected chi connectivity index (χ1v) is 10.7. The van der Waals surface area contributed by atoms with Gasteiger partial charge in [0.05, 0.1) is 24.5 Å². The predicted octanol–water partition coefficient (Wildman–Crippen LogP) is 1.28. The predicted molar refractivity (Wildman–Crippen MR) is 98.5 cm³/mol. The molecule has 0 bridgehead atoms. The average molecular weight is 404 g/mol. The van der Waals surface area contributed by atoms with Crippen LogP contribution in [0, 0.1) is 0 Å². The lowest BCUT2D eigenvalue weighted by Crippen LogP contribution is -2.47. The molecule has 1 fully saturated rings. The summed E-state index contributed by atoms with van der Waals surface area (Å²) in [4.78, 5) is 22.9. The van der Waals surface area contributed by atoms with Gasteiger partial charge in [-0.15, -0.1) is 0 Å². The lowest BCUT2D eigenvalue weighted by atomic mass is 10.1. The normalized spacial score (nSPS) is 30.9. The van der Waals surface area contributed by atoms with Crippen molar-refractivity contribution in [1.29, 1.82) is 0 Å². The number of ether oxygens (including phenoxy) is 2. The molecule has 1 amide bonds. The first-order chi connectivity index (χ1) is 12.5. The van der Waals surface area contributed by atoms with E-state index in [9.17, 15) is 19.4 Å². The molecule has 154 valence electrons. The van der Waals surface area contributed by atoms with Crippen molar-refractivity contribution in [2.75, 3.05) is 6.16 Å². The van der Waals surface area contributed by atoms with Crippen LogP contribution >= 0.6 is 7.60 Å². The first-order valence-electron chi connectivity index (χ1n) is 8.96. The van der Waals surface area contributed by atoms with E-state index < -0.39 is 32.1 Å². The number of nitrogens with zero attached hydrogens (tertiary/aromatic N) is 1. The minimum Gasteiger partial charge on any atom is -0.386 e. The fraction of sp³-hybridized carbons (Fsp3) is 0.706. The average Bonchev–Trinajstić information content (AvgIpc) is 2.80. The Labute approximate surface area is 159 Å². The molecule has 9 nitrogen and oxygen atoms in total. The highest BCUT2D eigenvalue weighted by atomic mass is 31.2. The summed E-state index contributed by atoms with van der Waals surface area (Å²) in [7, 11) is -3.77. The van der Waals surface area contributed by atoms with Gasteiger partial charge in [-0.3, -0.25) is 9.36 Å². The van der Waals surface area contributed by atoms with Gasteiger partial charge in [0.2, 0.25) is 0 Å². The summed E-state index contributed by atoms with van der Waals surface area (Å²) in [6, 6.07) is 0. The Bertz CT molecular complexity index is 637. The number of aliphatic hydroxyl groups is 1. The molecule has 2 aliphatic heterocycles. The van der Waals surface area contributed by atoms with Crippen molar-refractivity contribution in [2.24, 2.45) is 0 Å². The molecule has 2 heterocycles. The molecule has 3 N–H and O–H groups in total. The summed E-state index contributed by atoms with van der Waals surface area (Å²) in [5, 5.41) is 13.3. The van der Waals surface area contributed by atoms with Gasteiger partial charge in [0.1, 0.15) is 18.0 Å². The molecule has 0 saturated carbocycles. The van der Waals surface area contributed by atoms with Crippen LogP contribution in [0.15, 0.2) is 24.7 Å². The van der Waals surface area contributed by atoms with Crippen LogP contribution in [0.3, 0.4) is 0 Å². The fourth-order valence-corrected chi connectivity index (χ4v) is 4.41. The Balaban J connectivity index is 2.12. The van der Waals surface area contributed by atoms with Crippen LogP contribution in [-0.4, -0.2) is 63.7 Å². The Hall–Kier alpha value is -1.22. The molecule has 2 rings (SSSR count). The van der Waals surface area contributed by atoms with E-state index in [0.29, 0.717) is 0 Å². The van der Waals surface area contributed by atoms with E-state index in [1.807, 2.05) is 13.8 Å². The molecule has 0 spiro atoms. The zero-order valence-electron chi connectivity index (χ0n) is 16.1. The van der Waals surface area contributed by atoms with Crippen molar-refractivity contribution in [1.82, 2.24) is 10.2 Å². The zero-order chi connectivity index (χ0) is 20.4. The van der Waals surface area contributed by atoms with Gasteiger partial charge in [-0.25, -0.2) is 0 Å². The molecular weight excluding hydrogens is 375 g/mol. The number of nitrogens with one attached hydrogen (secondary N) is 1. The van der Waals surface area contributed by atoms with Gasteiger partial charge in [0.15, 0.2) is 6.23 Å². The summed E-state index contributed by atoms with van der Waals surface area (Å²) >= 11 is 0. The van der Waals surface area contributed by atoms with Crippen LogP contribution < -0.4 is 5.32 Å². The molecule has 2 aliphatic rings. The summed E-state index contributed by atoms with van der Waals surface area (Å²) in [6.07, 6.45) is -0.945. The van der Waals surface area contributed by atoms with E-state index in [-0.39, 0.29) is 36.5 Å². The van der Waals surface area contributed by atoms with Crippen LogP contribution in [0.2, 0.25) is 0 Å². The van der Waals surface area contributed by atoms with Crippen molar-refractivity contribution >= 4 is 13.5 Å². The summed E-state index contributed by atoms with van der Waals surface area (Å²) in [5.41, 5.74) is 0. The summed E-state index contributed by atoms with van der Waals surface area (Å²) in [5.74, 6) is -0.0474. The van der Waals surface area contributed by atoms with Gasteiger partial charge in [0, 0.05) is 12.3 Å². The quantitative estimate of drug-likeness (QED) is 0.518. The molecule has 5 atom stereocenters. The number of amides is 1. The van der Waals surface area contributed by atoms with Crippen LogP contribution in [0.1, 0.15) is 34.1 Å². The minimum atomic E-state index is -3.77. The van der Waals surface area contributed by atoms with Crippen molar-refractivity contribution in [3.63, 3.8) is 0 Å². The molecule has 2 unspecified atom stereocenters. The van der Waals surface area contributed by atoms with Gasteiger partial charge in [0.25, 0.3) is 5.91 Å². The van der Waals surface area contributed by atoms with Crippen LogP contribution in [0.25, 0.3) is 0 Å². The fourth-order valence-electron chi connectivity index (χ4n) is 3.06. The third-order valence-electron chi connectivity index (χ3n) is 4.05. The van der Waals surface area contributed by atoms with Crippen LogP contribution in [0.5, 0.6) is 0 Å². The van der Waals surface area contributed by atoms with Gasteiger partial charge >= 0.3 is 7.60 Å². The highest BCUT2D eigenvalue weighted by Crippen LogP contribution is 2.45. The number of hydrogen-bond donors (Lipinski definition) is 3. The largest absolute Gasteiger partial charge is 0.386 e. The van der Waals surface area contributed by atoms with E-state index >= 15 is 0 Å². The summed E-state index contributed by atoms with van der Waals surface area (Å²) in [6.45, 7) is 10.8. The van der Waals surface area contributed by atoms with Crippen LogP contribution in [0.4, 0.5) is 0 Å².